The van der Waals surface area contributed by atoms with Crippen LogP contribution in [0.25, 0.3) is 10.8 Å². The van der Waals surface area contributed by atoms with Gasteiger partial charge in [0.05, 0.1) is 24.2 Å². The average Bonchev–Trinajstić information content (AvgIpc) is 3.41. The van der Waals surface area contributed by atoms with Crippen molar-refractivity contribution in [2.75, 3.05) is 25.2 Å². The van der Waals surface area contributed by atoms with Crippen molar-refractivity contribution in [1.82, 2.24) is 4.90 Å². The van der Waals surface area contributed by atoms with Crippen molar-refractivity contribution in [3.05, 3.63) is 42.0 Å². The molecule has 1 saturated carbocycles. The van der Waals surface area contributed by atoms with Gasteiger partial charge in [0, 0.05) is 12.1 Å². The summed E-state index contributed by atoms with van der Waals surface area (Å²) in [6, 6.07) is 10.4. The van der Waals surface area contributed by atoms with E-state index in [0.717, 1.165) is 42.2 Å². The van der Waals surface area contributed by atoms with Crippen LogP contribution < -0.4 is 4.74 Å². The average molecular weight is 446 g/mol. The highest BCUT2D eigenvalue weighted by molar-refractivity contribution is 7.91. The second-order valence-corrected chi connectivity index (χ2v) is 10.5. The number of benzene rings is 2. The number of hydrogen-bond acceptors (Lipinski definition) is 6. The molecule has 1 saturated heterocycles. The number of ether oxygens (including phenoxy) is 2. The Morgan fingerprint density at radius 3 is 2.39 bits per heavy atom. The van der Waals surface area contributed by atoms with Crippen LogP contribution in [0.4, 0.5) is 0 Å². The van der Waals surface area contributed by atoms with Crippen LogP contribution in [0.3, 0.4) is 0 Å². The van der Waals surface area contributed by atoms with Crippen molar-refractivity contribution in [1.29, 1.82) is 0 Å². The molecule has 1 amide bonds. The van der Waals surface area contributed by atoms with Crippen LogP contribution in [-0.2, 0) is 19.4 Å². The molecule has 7 nitrogen and oxygen atoms in total. The third kappa shape index (κ3) is 4.84. The van der Waals surface area contributed by atoms with Crippen LogP contribution in [0.5, 0.6) is 5.75 Å². The molecular formula is C23H27NO6S. The van der Waals surface area contributed by atoms with E-state index in [1.165, 1.54) is 0 Å². The Balaban J connectivity index is 1.44. The molecule has 1 atom stereocenters. The van der Waals surface area contributed by atoms with Gasteiger partial charge in [-0.15, -0.1) is 0 Å². The summed E-state index contributed by atoms with van der Waals surface area (Å²) in [5.74, 6) is -0.0497. The van der Waals surface area contributed by atoms with Crippen LogP contribution in [0, 0.1) is 0 Å². The van der Waals surface area contributed by atoms with Crippen molar-refractivity contribution in [2.24, 2.45) is 0 Å². The molecule has 0 spiro atoms. The molecule has 2 aliphatic rings. The lowest BCUT2D eigenvalue weighted by Crippen LogP contribution is -2.48. The summed E-state index contributed by atoms with van der Waals surface area (Å²) in [6.45, 7) is -0.382. The smallest absolute Gasteiger partial charge is 0.338 e. The molecule has 0 radical (unpaired) electrons. The minimum absolute atomic E-state index is 0.00266. The van der Waals surface area contributed by atoms with E-state index in [2.05, 4.69) is 0 Å². The Kier molecular flexibility index (Phi) is 6.18. The van der Waals surface area contributed by atoms with Gasteiger partial charge >= 0.3 is 5.97 Å². The van der Waals surface area contributed by atoms with Crippen molar-refractivity contribution >= 4 is 32.5 Å². The third-order valence-corrected chi connectivity index (χ3v) is 7.97. The Hall–Kier alpha value is -2.61. The van der Waals surface area contributed by atoms with Gasteiger partial charge in [0.15, 0.2) is 16.4 Å². The molecule has 1 unspecified atom stereocenters. The number of methoxy groups -OCH3 is 1. The van der Waals surface area contributed by atoms with E-state index in [-0.39, 0.29) is 36.1 Å². The van der Waals surface area contributed by atoms with Crippen LogP contribution in [0.15, 0.2) is 36.4 Å². The number of rotatable bonds is 6. The maximum absolute atomic E-state index is 13.0. The Morgan fingerprint density at radius 2 is 1.71 bits per heavy atom. The first-order valence-electron chi connectivity index (χ1n) is 10.6. The van der Waals surface area contributed by atoms with Gasteiger partial charge in [0.25, 0.3) is 5.91 Å². The molecule has 31 heavy (non-hydrogen) atoms. The van der Waals surface area contributed by atoms with Gasteiger partial charge < -0.3 is 14.4 Å². The van der Waals surface area contributed by atoms with Crippen molar-refractivity contribution in [3.63, 3.8) is 0 Å². The molecule has 8 heteroatoms. The molecule has 2 fully saturated rings. The fourth-order valence-electron chi connectivity index (χ4n) is 4.65. The quantitative estimate of drug-likeness (QED) is 0.635. The van der Waals surface area contributed by atoms with Crippen LogP contribution in [0.2, 0.25) is 0 Å². The lowest BCUT2D eigenvalue weighted by molar-refractivity contribution is -0.139. The molecule has 1 heterocycles. The van der Waals surface area contributed by atoms with Crippen LogP contribution in [0.1, 0.15) is 42.5 Å². The predicted octanol–water partition coefficient (Wildman–Crippen LogP) is 2.96. The standard InChI is InChI=1S/C23H27NO6S/c1-29-21-9-8-16-12-18(7-6-17(16)13-21)23(26)30-14-22(25)24(19-4-2-3-5-19)20-10-11-31(27,28)15-20/h6-9,12-13,19-20H,2-5,10-11,14-15H2,1H3. The third-order valence-electron chi connectivity index (χ3n) is 6.22. The summed E-state index contributed by atoms with van der Waals surface area (Å²) in [5.41, 5.74) is 0.362. The lowest BCUT2D eigenvalue weighted by atomic mass is 10.1. The normalized spacial score (nSPS) is 20.6. The monoisotopic (exact) mass is 445 g/mol. The Bertz CT molecular complexity index is 1090. The highest BCUT2D eigenvalue weighted by Gasteiger charge is 2.39. The largest absolute Gasteiger partial charge is 0.497 e. The van der Waals surface area contributed by atoms with Crippen LogP contribution >= 0.6 is 0 Å². The SMILES string of the molecule is COc1ccc2cc(C(=O)OCC(=O)N(C3CCCC3)C3CCS(=O)(=O)C3)ccc2c1. The van der Waals surface area contributed by atoms with Gasteiger partial charge in [-0.25, -0.2) is 13.2 Å². The van der Waals surface area contributed by atoms with Gasteiger partial charge in [0.2, 0.25) is 0 Å². The molecule has 0 bridgehead atoms. The van der Waals surface area contributed by atoms with Crippen molar-refractivity contribution < 1.29 is 27.5 Å². The minimum atomic E-state index is -3.11. The lowest BCUT2D eigenvalue weighted by Gasteiger charge is -2.33. The van der Waals surface area contributed by atoms with Crippen LogP contribution in [-0.4, -0.2) is 62.5 Å². The highest BCUT2D eigenvalue weighted by atomic mass is 32.2. The van der Waals surface area contributed by atoms with Gasteiger partial charge in [0.1, 0.15) is 5.75 Å². The van der Waals surface area contributed by atoms with E-state index >= 15 is 0 Å². The Labute approximate surface area is 182 Å². The number of sulfone groups is 1. The predicted molar refractivity (Wildman–Crippen MR) is 117 cm³/mol. The number of carbonyl (C=O) groups is 2. The summed E-state index contributed by atoms with van der Waals surface area (Å²) in [5, 5.41) is 1.80. The van der Waals surface area contributed by atoms with E-state index in [0.29, 0.717) is 12.0 Å². The van der Waals surface area contributed by atoms with E-state index in [9.17, 15) is 18.0 Å². The van der Waals surface area contributed by atoms with Gasteiger partial charge in [-0.3, -0.25) is 4.79 Å². The molecule has 1 aliphatic heterocycles. The zero-order valence-corrected chi connectivity index (χ0v) is 18.4. The zero-order chi connectivity index (χ0) is 22.0. The molecule has 1 aliphatic carbocycles. The van der Waals surface area contributed by atoms with Crippen molar-refractivity contribution in [3.8, 4) is 5.75 Å². The minimum Gasteiger partial charge on any atom is -0.497 e. The first-order valence-corrected chi connectivity index (χ1v) is 12.4. The number of nitrogens with zero attached hydrogens (tertiary/aromatic N) is 1. The van der Waals surface area contributed by atoms with Gasteiger partial charge in [-0.1, -0.05) is 25.0 Å². The molecule has 4 rings (SSSR count). The second kappa shape index (κ2) is 8.86. The summed E-state index contributed by atoms with van der Waals surface area (Å²) in [7, 11) is -1.52. The molecule has 166 valence electrons. The maximum Gasteiger partial charge on any atom is 0.338 e. The van der Waals surface area contributed by atoms with E-state index in [1.54, 1.807) is 24.1 Å². The number of carbonyl (C=O) groups excluding carboxylic acids is 2. The molecule has 2 aromatic rings. The molecular weight excluding hydrogens is 418 g/mol. The van der Waals surface area contributed by atoms with E-state index < -0.39 is 15.8 Å². The van der Waals surface area contributed by atoms with Gasteiger partial charge in [-0.05, 0) is 54.3 Å². The first-order chi connectivity index (χ1) is 14.9. The number of esters is 1. The summed E-state index contributed by atoms with van der Waals surface area (Å²) >= 11 is 0. The zero-order valence-electron chi connectivity index (χ0n) is 17.6. The maximum atomic E-state index is 13.0. The molecule has 0 N–H and O–H groups in total. The number of hydrogen-bond donors (Lipinski definition) is 0. The summed E-state index contributed by atoms with van der Waals surface area (Å²) in [4.78, 5) is 27.2. The topological polar surface area (TPSA) is 90.0 Å². The fourth-order valence-corrected chi connectivity index (χ4v) is 6.36. The first kappa shape index (κ1) is 21.6. The second-order valence-electron chi connectivity index (χ2n) is 8.30. The Morgan fingerprint density at radius 1 is 1.00 bits per heavy atom. The van der Waals surface area contributed by atoms with E-state index in [1.807, 2.05) is 24.3 Å². The summed E-state index contributed by atoms with van der Waals surface area (Å²) < 4.78 is 34.4. The summed E-state index contributed by atoms with van der Waals surface area (Å²) in [6.07, 6.45) is 4.23. The van der Waals surface area contributed by atoms with E-state index in [4.69, 9.17) is 9.47 Å². The van der Waals surface area contributed by atoms with Gasteiger partial charge in [-0.2, -0.15) is 0 Å². The van der Waals surface area contributed by atoms with Crippen molar-refractivity contribution in [2.45, 2.75) is 44.2 Å². The fraction of sp³-hybridized carbons (Fsp3) is 0.478. The number of amides is 1. The molecule has 2 aromatic carbocycles. The highest BCUT2D eigenvalue weighted by Crippen LogP contribution is 2.29. The molecule has 0 aromatic heterocycles. The number of fused-ring (bicyclic) bond motifs is 1.